The Kier molecular flexibility index (Phi) is 8.04. The van der Waals surface area contributed by atoms with Crippen LogP contribution in [0.1, 0.15) is 18.4 Å². The lowest BCUT2D eigenvalue weighted by molar-refractivity contribution is -0.129. The van der Waals surface area contributed by atoms with E-state index in [-0.39, 0.29) is 24.1 Å². The van der Waals surface area contributed by atoms with Crippen molar-refractivity contribution in [3.05, 3.63) is 35.6 Å². The highest BCUT2D eigenvalue weighted by Crippen LogP contribution is 2.02. The Labute approximate surface area is 123 Å². The van der Waals surface area contributed by atoms with Crippen molar-refractivity contribution in [1.29, 1.82) is 0 Å². The maximum absolute atomic E-state index is 12.7. The molecule has 1 rings (SSSR count). The van der Waals surface area contributed by atoms with E-state index in [0.29, 0.717) is 32.5 Å². The van der Waals surface area contributed by atoms with Crippen LogP contribution < -0.4 is 10.6 Å². The third-order valence-corrected chi connectivity index (χ3v) is 2.82. The maximum atomic E-state index is 12.7. The fourth-order valence-corrected chi connectivity index (χ4v) is 1.71. The van der Waals surface area contributed by atoms with Gasteiger partial charge in [-0.05, 0) is 30.5 Å². The molecule has 1 aromatic rings. The van der Waals surface area contributed by atoms with Crippen molar-refractivity contribution in [2.75, 3.05) is 26.8 Å². The summed E-state index contributed by atoms with van der Waals surface area (Å²) in [5, 5.41) is 5.30. The lowest BCUT2D eigenvalue weighted by atomic mass is 10.1. The Bertz CT molecular complexity index is 449. The van der Waals surface area contributed by atoms with Crippen molar-refractivity contribution in [3.63, 3.8) is 0 Å². The second-order valence-electron chi connectivity index (χ2n) is 4.60. The molecular formula is C15H21FN2O3. The van der Waals surface area contributed by atoms with Crippen molar-refractivity contribution in [2.45, 2.75) is 19.3 Å². The van der Waals surface area contributed by atoms with E-state index in [1.165, 1.54) is 12.1 Å². The zero-order valence-corrected chi connectivity index (χ0v) is 12.2. The molecule has 0 aliphatic carbocycles. The van der Waals surface area contributed by atoms with Gasteiger partial charge in [0.2, 0.25) is 11.8 Å². The van der Waals surface area contributed by atoms with Crippen molar-refractivity contribution in [1.82, 2.24) is 10.6 Å². The van der Waals surface area contributed by atoms with Crippen LogP contribution in [0.5, 0.6) is 0 Å². The van der Waals surface area contributed by atoms with Gasteiger partial charge in [-0.1, -0.05) is 12.1 Å². The van der Waals surface area contributed by atoms with Gasteiger partial charge in [0.15, 0.2) is 0 Å². The van der Waals surface area contributed by atoms with Crippen LogP contribution in [0.25, 0.3) is 0 Å². The van der Waals surface area contributed by atoms with Crippen molar-refractivity contribution < 1.29 is 18.7 Å². The first-order valence-electron chi connectivity index (χ1n) is 6.88. The molecule has 0 fully saturated rings. The molecule has 0 spiro atoms. The van der Waals surface area contributed by atoms with Crippen molar-refractivity contribution in [2.24, 2.45) is 0 Å². The van der Waals surface area contributed by atoms with E-state index in [9.17, 15) is 14.0 Å². The number of hydrogen-bond donors (Lipinski definition) is 2. The van der Waals surface area contributed by atoms with E-state index >= 15 is 0 Å². The number of nitrogens with one attached hydrogen (secondary N) is 2. The lowest BCUT2D eigenvalue weighted by Gasteiger charge is -2.06. The summed E-state index contributed by atoms with van der Waals surface area (Å²) in [5.74, 6) is -0.903. The lowest BCUT2D eigenvalue weighted by Crippen LogP contribution is -2.33. The predicted octanol–water partition coefficient (Wildman–Crippen LogP) is 1.03. The molecule has 5 nitrogen and oxygen atoms in total. The fourth-order valence-electron chi connectivity index (χ4n) is 1.71. The summed E-state index contributed by atoms with van der Waals surface area (Å²) in [6, 6.07) is 6.10. The summed E-state index contributed by atoms with van der Waals surface area (Å²) in [5.41, 5.74) is 0.931. The fraction of sp³-hybridized carbons (Fsp3) is 0.467. The molecule has 0 bridgehead atoms. The number of methoxy groups -OCH3 is 1. The smallest absolute Gasteiger partial charge is 0.229 e. The van der Waals surface area contributed by atoms with Crippen molar-refractivity contribution >= 4 is 11.8 Å². The molecule has 116 valence electrons. The third-order valence-electron chi connectivity index (χ3n) is 2.82. The Morgan fingerprint density at radius 2 is 1.71 bits per heavy atom. The number of carbonyl (C=O) groups is 2. The second-order valence-corrected chi connectivity index (χ2v) is 4.60. The maximum Gasteiger partial charge on any atom is 0.229 e. The SMILES string of the molecule is COCCCNC(=O)CC(=O)NCCc1ccc(F)cc1. The molecule has 0 aromatic heterocycles. The molecule has 2 amide bonds. The van der Waals surface area contributed by atoms with Gasteiger partial charge in [0.25, 0.3) is 0 Å². The summed E-state index contributed by atoms with van der Waals surface area (Å²) < 4.78 is 17.6. The molecule has 2 N–H and O–H groups in total. The van der Waals surface area contributed by atoms with Gasteiger partial charge in [0.05, 0.1) is 0 Å². The van der Waals surface area contributed by atoms with Gasteiger partial charge in [0, 0.05) is 26.8 Å². The summed E-state index contributed by atoms with van der Waals surface area (Å²) in [6.07, 6.45) is 1.13. The van der Waals surface area contributed by atoms with Crippen LogP contribution in [0.3, 0.4) is 0 Å². The molecule has 0 unspecified atom stereocenters. The van der Waals surface area contributed by atoms with Crippen LogP contribution in [0, 0.1) is 5.82 Å². The molecule has 0 heterocycles. The molecule has 0 saturated carbocycles. The summed E-state index contributed by atoms with van der Waals surface area (Å²) >= 11 is 0. The van der Waals surface area contributed by atoms with Crippen LogP contribution in [0.15, 0.2) is 24.3 Å². The molecule has 0 atom stereocenters. The number of amides is 2. The van der Waals surface area contributed by atoms with Crippen LogP contribution in [-0.2, 0) is 20.7 Å². The minimum atomic E-state index is -0.318. The van der Waals surface area contributed by atoms with Gasteiger partial charge >= 0.3 is 0 Å². The van der Waals surface area contributed by atoms with Gasteiger partial charge < -0.3 is 15.4 Å². The molecule has 0 aliphatic heterocycles. The van der Waals surface area contributed by atoms with E-state index in [1.807, 2.05) is 0 Å². The Balaban J connectivity index is 2.13. The predicted molar refractivity (Wildman–Crippen MR) is 77.2 cm³/mol. The van der Waals surface area contributed by atoms with E-state index in [4.69, 9.17) is 4.74 Å². The zero-order chi connectivity index (χ0) is 15.5. The molecular weight excluding hydrogens is 275 g/mol. The average Bonchev–Trinajstić information content (AvgIpc) is 2.46. The van der Waals surface area contributed by atoms with E-state index in [0.717, 1.165) is 5.56 Å². The monoisotopic (exact) mass is 296 g/mol. The minimum absolute atomic E-state index is 0.184. The Hall–Kier alpha value is -1.95. The van der Waals surface area contributed by atoms with E-state index in [2.05, 4.69) is 10.6 Å². The quantitative estimate of drug-likeness (QED) is 0.528. The largest absolute Gasteiger partial charge is 0.385 e. The first-order chi connectivity index (χ1) is 10.1. The van der Waals surface area contributed by atoms with Gasteiger partial charge in [-0.2, -0.15) is 0 Å². The van der Waals surface area contributed by atoms with Gasteiger partial charge in [-0.15, -0.1) is 0 Å². The normalized spacial score (nSPS) is 10.2. The second kappa shape index (κ2) is 9.88. The number of carbonyl (C=O) groups excluding carboxylic acids is 2. The van der Waals surface area contributed by atoms with Crippen LogP contribution in [0.4, 0.5) is 4.39 Å². The minimum Gasteiger partial charge on any atom is -0.385 e. The molecule has 0 saturated heterocycles. The van der Waals surface area contributed by atoms with Gasteiger partial charge in [0.1, 0.15) is 12.2 Å². The summed E-state index contributed by atoms with van der Waals surface area (Å²) in [7, 11) is 1.59. The first kappa shape index (κ1) is 17.1. The number of hydrogen-bond acceptors (Lipinski definition) is 3. The van der Waals surface area contributed by atoms with Crippen LogP contribution in [-0.4, -0.2) is 38.6 Å². The number of benzene rings is 1. The number of ether oxygens (including phenoxy) is 1. The van der Waals surface area contributed by atoms with Crippen LogP contribution in [0.2, 0.25) is 0 Å². The van der Waals surface area contributed by atoms with E-state index in [1.54, 1.807) is 19.2 Å². The Morgan fingerprint density at radius 1 is 1.10 bits per heavy atom. The highest BCUT2D eigenvalue weighted by Gasteiger charge is 2.08. The summed E-state index contributed by atoms with van der Waals surface area (Å²) in [6.45, 7) is 1.49. The molecule has 0 radical (unpaired) electrons. The van der Waals surface area contributed by atoms with E-state index < -0.39 is 0 Å². The van der Waals surface area contributed by atoms with Crippen LogP contribution >= 0.6 is 0 Å². The van der Waals surface area contributed by atoms with Gasteiger partial charge in [-0.3, -0.25) is 9.59 Å². The van der Waals surface area contributed by atoms with Crippen molar-refractivity contribution in [3.8, 4) is 0 Å². The van der Waals surface area contributed by atoms with Gasteiger partial charge in [-0.25, -0.2) is 4.39 Å². The first-order valence-corrected chi connectivity index (χ1v) is 6.88. The highest BCUT2D eigenvalue weighted by atomic mass is 19.1. The molecule has 21 heavy (non-hydrogen) atoms. The standard InChI is InChI=1S/C15H21FN2O3/c1-21-10-2-8-17-14(19)11-15(20)18-9-7-12-3-5-13(16)6-4-12/h3-6H,2,7-11H2,1H3,(H,17,19)(H,18,20). The Morgan fingerprint density at radius 3 is 2.33 bits per heavy atom. The molecule has 1 aromatic carbocycles. The number of halogens is 1. The number of rotatable bonds is 9. The molecule has 0 aliphatic rings. The summed E-state index contributed by atoms with van der Waals surface area (Å²) in [4.78, 5) is 23.0. The third kappa shape index (κ3) is 8.04. The topological polar surface area (TPSA) is 67.4 Å². The molecule has 6 heteroatoms. The average molecular weight is 296 g/mol. The highest BCUT2D eigenvalue weighted by molar-refractivity contribution is 5.96. The zero-order valence-electron chi connectivity index (χ0n) is 12.2.